The van der Waals surface area contributed by atoms with Crippen molar-refractivity contribution in [2.45, 2.75) is 0 Å². The van der Waals surface area contributed by atoms with E-state index in [1.165, 1.54) is 16.9 Å². The van der Waals surface area contributed by atoms with Gasteiger partial charge in [-0.05, 0) is 23.8 Å². The van der Waals surface area contributed by atoms with Gasteiger partial charge in [-0.2, -0.15) is 0 Å². The second kappa shape index (κ2) is 2.88. The summed E-state index contributed by atoms with van der Waals surface area (Å²) in [5.74, 6) is 0. The molecule has 0 atom stereocenters. The number of allylic oxidation sites excluding steroid dienone is 3. The van der Waals surface area contributed by atoms with E-state index in [9.17, 15) is 0 Å². The highest BCUT2D eigenvalue weighted by molar-refractivity contribution is 5.74. The quantitative estimate of drug-likeness (QED) is 0.594. The predicted molar refractivity (Wildman–Crippen MR) is 60.0 cm³/mol. The fraction of sp³-hybridized carbons (Fsp3) is 0.0769. The van der Waals surface area contributed by atoms with E-state index in [0.29, 0.717) is 0 Å². The molecule has 2 aliphatic rings. The second-order valence-electron chi connectivity index (χ2n) is 3.52. The highest BCUT2D eigenvalue weighted by atomic mass is 15.1. The van der Waals surface area contributed by atoms with Crippen molar-refractivity contribution < 1.29 is 0 Å². The summed E-state index contributed by atoms with van der Waals surface area (Å²) >= 11 is 0. The lowest BCUT2D eigenvalue weighted by Gasteiger charge is -2.20. The topological polar surface area (TPSA) is 3.24 Å². The van der Waals surface area contributed by atoms with Crippen molar-refractivity contribution in [2.24, 2.45) is 0 Å². The first-order chi connectivity index (χ1) is 6.95. The van der Waals surface area contributed by atoms with Crippen molar-refractivity contribution >= 4 is 11.8 Å². The monoisotopic (exact) mass is 181 g/mol. The van der Waals surface area contributed by atoms with Crippen molar-refractivity contribution in [3.8, 4) is 0 Å². The number of fused-ring (bicyclic) bond motifs is 3. The minimum Gasteiger partial charge on any atom is -0.337 e. The van der Waals surface area contributed by atoms with Gasteiger partial charge >= 0.3 is 0 Å². The Morgan fingerprint density at radius 2 is 2.00 bits per heavy atom. The van der Waals surface area contributed by atoms with E-state index in [1.807, 2.05) is 0 Å². The number of hydrogen-bond acceptors (Lipinski definition) is 1. The molecule has 0 saturated heterocycles. The third-order valence-electron chi connectivity index (χ3n) is 2.66. The molecule has 68 valence electrons. The van der Waals surface area contributed by atoms with Gasteiger partial charge in [-0.3, -0.25) is 0 Å². The highest BCUT2D eigenvalue weighted by Crippen LogP contribution is 2.30. The first-order valence-electron chi connectivity index (χ1n) is 4.87. The molecule has 0 radical (unpaired) electrons. The molecule has 1 aromatic carbocycles. The van der Waals surface area contributed by atoms with Gasteiger partial charge < -0.3 is 4.90 Å². The number of rotatable bonds is 0. The Morgan fingerprint density at radius 1 is 1.07 bits per heavy atom. The van der Waals surface area contributed by atoms with Gasteiger partial charge in [-0.1, -0.05) is 36.4 Å². The molecular formula is C13H11N. The molecule has 1 nitrogen and oxygen atoms in total. The van der Waals surface area contributed by atoms with Crippen LogP contribution in [-0.4, -0.2) is 6.54 Å². The van der Waals surface area contributed by atoms with E-state index in [0.717, 1.165) is 6.54 Å². The molecule has 0 bridgehead atoms. The van der Waals surface area contributed by atoms with E-state index >= 15 is 0 Å². The molecule has 0 N–H and O–H groups in total. The number of nitrogens with zero attached hydrogens (tertiary/aromatic N) is 1. The summed E-state index contributed by atoms with van der Waals surface area (Å²) in [5.41, 5.74) is 3.88. The van der Waals surface area contributed by atoms with Gasteiger partial charge in [0.1, 0.15) is 0 Å². The fourth-order valence-electron chi connectivity index (χ4n) is 1.98. The molecule has 2 aliphatic heterocycles. The SMILES string of the molecule is C1=Cc2ccccc2N2CC=CC2=C1. The van der Waals surface area contributed by atoms with E-state index in [2.05, 4.69) is 59.5 Å². The Labute approximate surface area is 83.7 Å². The molecule has 14 heavy (non-hydrogen) atoms. The minimum atomic E-state index is 0.991. The zero-order valence-corrected chi connectivity index (χ0v) is 7.85. The fourth-order valence-corrected chi connectivity index (χ4v) is 1.98. The van der Waals surface area contributed by atoms with Crippen molar-refractivity contribution in [3.05, 3.63) is 59.8 Å². The lowest BCUT2D eigenvalue weighted by molar-refractivity contribution is 1.09. The van der Waals surface area contributed by atoms with Crippen LogP contribution in [0, 0.1) is 0 Å². The van der Waals surface area contributed by atoms with Crippen LogP contribution in [0.3, 0.4) is 0 Å². The van der Waals surface area contributed by atoms with Gasteiger partial charge in [0.25, 0.3) is 0 Å². The molecule has 0 spiro atoms. The zero-order chi connectivity index (χ0) is 9.38. The van der Waals surface area contributed by atoms with Crippen molar-refractivity contribution in [2.75, 3.05) is 11.4 Å². The lowest BCUT2D eigenvalue weighted by atomic mass is 10.1. The molecule has 1 aromatic rings. The predicted octanol–water partition coefficient (Wildman–Crippen LogP) is 2.97. The summed E-state index contributed by atoms with van der Waals surface area (Å²) < 4.78 is 0. The normalized spacial score (nSPS) is 17.4. The molecule has 0 saturated carbocycles. The first-order valence-corrected chi connectivity index (χ1v) is 4.87. The first kappa shape index (κ1) is 7.63. The van der Waals surface area contributed by atoms with Gasteiger partial charge in [-0.25, -0.2) is 0 Å². The molecule has 0 aliphatic carbocycles. The van der Waals surface area contributed by atoms with E-state index in [-0.39, 0.29) is 0 Å². The van der Waals surface area contributed by atoms with Gasteiger partial charge in [0.05, 0.1) is 0 Å². The smallest absolute Gasteiger partial charge is 0.0487 e. The third kappa shape index (κ3) is 1.02. The van der Waals surface area contributed by atoms with Crippen LogP contribution in [0.5, 0.6) is 0 Å². The molecule has 0 amide bonds. The number of anilines is 1. The maximum atomic E-state index is 2.33. The summed E-state index contributed by atoms with van der Waals surface area (Å²) in [7, 11) is 0. The Balaban J connectivity index is 2.20. The maximum Gasteiger partial charge on any atom is 0.0487 e. The van der Waals surface area contributed by atoms with Crippen LogP contribution in [0.1, 0.15) is 5.56 Å². The van der Waals surface area contributed by atoms with Crippen molar-refractivity contribution in [3.63, 3.8) is 0 Å². The van der Waals surface area contributed by atoms with Crippen LogP contribution in [0.25, 0.3) is 6.08 Å². The molecule has 0 aromatic heterocycles. The summed E-state index contributed by atoms with van der Waals surface area (Å²) in [6.07, 6.45) is 10.8. The Kier molecular flexibility index (Phi) is 1.57. The van der Waals surface area contributed by atoms with Crippen LogP contribution in [0.4, 0.5) is 5.69 Å². The van der Waals surface area contributed by atoms with Crippen molar-refractivity contribution in [1.82, 2.24) is 0 Å². The summed E-state index contributed by atoms with van der Waals surface area (Å²) in [6.45, 7) is 0.991. The van der Waals surface area contributed by atoms with Gasteiger partial charge in [0.15, 0.2) is 0 Å². The summed E-state index contributed by atoms with van der Waals surface area (Å²) in [6, 6.07) is 8.50. The molecule has 1 heteroatoms. The van der Waals surface area contributed by atoms with Gasteiger partial charge in [0.2, 0.25) is 0 Å². The Morgan fingerprint density at radius 3 is 3.00 bits per heavy atom. The van der Waals surface area contributed by atoms with Crippen LogP contribution in [0.2, 0.25) is 0 Å². The van der Waals surface area contributed by atoms with E-state index in [1.54, 1.807) is 0 Å². The second-order valence-corrected chi connectivity index (χ2v) is 3.52. The minimum absolute atomic E-state index is 0.991. The Hall–Kier alpha value is -1.76. The third-order valence-corrected chi connectivity index (χ3v) is 2.66. The molecule has 3 rings (SSSR count). The van der Waals surface area contributed by atoms with Crippen molar-refractivity contribution in [1.29, 1.82) is 0 Å². The molecule has 0 fully saturated rings. The molecular weight excluding hydrogens is 170 g/mol. The Bertz CT molecular complexity index is 452. The van der Waals surface area contributed by atoms with Crippen LogP contribution >= 0.6 is 0 Å². The number of para-hydroxylation sites is 1. The summed E-state index contributed by atoms with van der Waals surface area (Å²) in [4.78, 5) is 2.33. The van der Waals surface area contributed by atoms with Crippen LogP contribution in [-0.2, 0) is 0 Å². The average Bonchev–Trinajstić information content (AvgIpc) is 2.61. The number of hydrogen-bond donors (Lipinski definition) is 0. The number of benzene rings is 1. The largest absolute Gasteiger partial charge is 0.337 e. The van der Waals surface area contributed by atoms with Crippen LogP contribution in [0.15, 0.2) is 54.3 Å². The van der Waals surface area contributed by atoms with Gasteiger partial charge in [-0.15, -0.1) is 0 Å². The van der Waals surface area contributed by atoms with Crippen LogP contribution < -0.4 is 4.90 Å². The molecule has 2 heterocycles. The molecule has 0 unspecified atom stereocenters. The maximum absolute atomic E-state index is 2.33. The highest BCUT2D eigenvalue weighted by Gasteiger charge is 2.16. The average molecular weight is 181 g/mol. The van der Waals surface area contributed by atoms with E-state index in [4.69, 9.17) is 0 Å². The summed E-state index contributed by atoms with van der Waals surface area (Å²) in [5, 5.41) is 0. The zero-order valence-electron chi connectivity index (χ0n) is 7.85. The van der Waals surface area contributed by atoms with E-state index < -0.39 is 0 Å². The van der Waals surface area contributed by atoms with Gasteiger partial charge in [0, 0.05) is 17.9 Å². The standard InChI is InChI=1S/C13H11N/c1-2-9-13-11(5-1)6-3-7-12-8-4-10-14(12)13/h1-9H,10H2. The lowest BCUT2D eigenvalue weighted by Crippen LogP contribution is -2.17.